The van der Waals surface area contributed by atoms with Crippen molar-refractivity contribution < 1.29 is 32.3 Å². The maximum Gasteiger partial charge on any atom is 0.410 e. The number of piperazine rings is 1. The van der Waals surface area contributed by atoms with Gasteiger partial charge in [-0.05, 0) is 53.4 Å². The molecular weight excluding hydrogens is 582 g/mol. The zero-order valence-electron chi connectivity index (χ0n) is 23.1. The number of amides is 2. The van der Waals surface area contributed by atoms with Crippen LogP contribution in [-0.2, 0) is 35.7 Å². The topological polar surface area (TPSA) is 114 Å². The van der Waals surface area contributed by atoms with Crippen molar-refractivity contribution in [2.75, 3.05) is 39.8 Å². The third-order valence-electron chi connectivity index (χ3n) is 7.82. The minimum absolute atomic E-state index is 0.0326. The van der Waals surface area contributed by atoms with E-state index in [-0.39, 0.29) is 37.0 Å². The third kappa shape index (κ3) is 6.38. The number of ether oxygens (including phenoxy) is 2. The fourth-order valence-corrected chi connectivity index (χ4v) is 7.09. The molecule has 0 spiro atoms. The summed E-state index contributed by atoms with van der Waals surface area (Å²) < 4.78 is 38.7. The highest BCUT2D eigenvalue weighted by Gasteiger charge is 2.43. The van der Waals surface area contributed by atoms with Crippen molar-refractivity contribution in [2.24, 2.45) is 5.92 Å². The number of halogens is 1. The predicted molar refractivity (Wildman–Crippen MR) is 156 cm³/mol. The monoisotopic (exact) mass is 613 g/mol. The summed E-state index contributed by atoms with van der Waals surface area (Å²) in [7, 11) is -2.74. The average molecular weight is 614 g/mol. The quantitative estimate of drug-likeness (QED) is 0.387. The molecule has 2 aliphatic rings. The number of likely N-dealkylation sites (tertiary alicyclic amines) is 1. The van der Waals surface area contributed by atoms with E-state index >= 15 is 0 Å². The fraction of sp³-hybridized carbons (Fsp3) is 0.367. The number of benzene rings is 3. The van der Waals surface area contributed by atoms with Gasteiger partial charge in [-0.25, -0.2) is 18.0 Å². The molecule has 2 heterocycles. The first-order valence-electron chi connectivity index (χ1n) is 13.7. The molecule has 0 radical (unpaired) electrons. The van der Waals surface area contributed by atoms with Gasteiger partial charge in [0.2, 0.25) is 15.9 Å². The number of carbonyl (C=O) groups excluding carboxylic acids is 3. The minimum atomic E-state index is -3.96. The molecule has 0 aliphatic carbocycles. The van der Waals surface area contributed by atoms with Crippen molar-refractivity contribution in [2.45, 2.75) is 30.4 Å². The number of rotatable bonds is 6. The summed E-state index contributed by atoms with van der Waals surface area (Å²) in [5.41, 5.74) is 0.886. The van der Waals surface area contributed by atoms with Crippen LogP contribution >= 0.6 is 11.6 Å². The summed E-state index contributed by atoms with van der Waals surface area (Å²) in [5.74, 6) is -1.34. The number of methoxy groups -OCH3 is 1. The fourth-order valence-electron chi connectivity index (χ4n) is 5.44. The van der Waals surface area contributed by atoms with Crippen LogP contribution < -0.4 is 0 Å². The summed E-state index contributed by atoms with van der Waals surface area (Å²) in [6.07, 6.45) is 0.382. The lowest BCUT2D eigenvalue weighted by Gasteiger charge is -2.41. The number of sulfonamides is 1. The van der Waals surface area contributed by atoms with E-state index < -0.39 is 34.0 Å². The van der Waals surface area contributed by atoms with E-state index in [1.165, 1.54) is 22.4 Å². The van der Waals surface area contributed by atoms with E-state index in [9.17, 15) is 22.8 Å². The van der Waals surface area contributed by atoms with Crippen LogP contribution in [-0.4, -0.2) is 86.4 Å². The molecule has 222 valence electrons. The summed E-state index contributed by atoms with van der Waals surface area (Å²) >= 11 is 6.05. The van der Waals surface area contributed by atoms with E-state index in [0.29, 0.717) is 36.3 Å². The Labute approximate surface area is 249 Å². The first-order chi connectivity index (χ1) is 20.2. The SMILES string of the molecule is COC(=O)C1CN(S(=O)(=O)c2ccc3cc(Cl)ccc3c2)CCN1C(=O)C1CCN(C(=O)OCc2ccccc2)CC1. The molecule has 0 N–H and O–H groups in total. The van der Waals surface area contributed by atoms with Crippen LogP contribution in [0.3, 0.4) is 0 Å². The lowest BCUT2D eigenvalue weighted by Crippen LogP contribution is -2.61. The molecule has 2 aliphatic heterocycles. The molecule has 0 saturated carbocycles. The first-order valence-corrected chi connectivity index (χ1v) is 15.5. The Morgan fingerprint density at radius 1 is 0.905 bits per heavy atom. The molecule has 0 bridgehead atoms. The normalized spacial score (nSPS) is 18.6. The third-order valence-corrected chi connectivity index (χ3v) is 9.91. The van der Waals surface area contributed by atoms with E-state index in [4.69, 9.17) is 21.1 Å². The number of piperidine rings is 1. The van der Waals surface area contributed by atoms with Gasteiger partial charge in [0.15, 0.2) is 0 Å². The molecule has 1 atom stereocenters. The van der Waals surface area contributed by atoms with Crippen LogP contribution in [0.1, 0.15) is 18.4 Å². The Kier molecular flexibility index (Phi) is 9.00. The molecule has 2 fully saturated rings. The van der Waals surface area contributed by atoms with E-state index in [1.807, 2.05) is 30.3 Å². The van der Waals surface area contributed by atoms with Gasteiger partial charge < -0.3 is 19.3 Å². The maximum absolute atomic E-state index is 13.6. The molecule has 3 aromatic rings. The van der Waals surface area contributed by atoms with Crippen molar-refractivity contribution in [3.63, 3.8) is 0 Å². The molecule has 2 saturated heterocycles. The second kappa shape index (κ2) is 12.7. The van der Waals surface area contributed by atoms with Crippen LogP contribution in [0.2, 0.25) is 5.02 Å². The van der Waals surface area contributed by atoms with Crippen molar-refractivity contribution in [1.82, 2.24) is 14.1 Å². The molecule has 12 heteroatoms. The minimum Gasteiger partial charge on any atom is -0.467 e. The molecule has 5 rings (SSSR count). The Balaban J connectivity index is 1.22. The van der Waals surface area contributed by atoms with Gasteiger partial charge in [0, 0.05) is 43.7 Å². The highest BCUT2D eigenvalue weighted by Crippen LogP contribution is 2.28. The summed E-state index contributed by atoms with van der Waals surface area (Å²) in [4.78, 5) is 42.0. The van der Waals surface area contributed by atoms with Gasteiger partial charge >= 0.3 is 12.1 Å². The van der Waals surface area contributed by atoms with Crippen molar-refractivity contribution in [3.8, 4) is 0 Å². The van der Waals surface area contributed by atoms with Crippen LogP contribution in [0, 0.1) is 5.92 Å². The Morgan fingerprint density at radius 3 is 2.31 bits per heavy atom. The smallest absolute Gasteiger partial charge is 0.410 e. The van der Waals surface area contributed by atoms with Crippen molar-refractivity contribution in [3.05, 3.63) is 77.3 Å². The molecular formula is C30H32ClN3O7S. The molecule has 10 nitrogen and oxygen atoms in total. The second-order valence-electron chi connectivity index (χ2n) is 10.4. The first kappa shape index (κ1) is 29.8. The number of esters is 1. The highest BCUT2D eigenvalue weighted by molar-refractivity contribution is 7.89. The highest BCUT2D eigenvalue weighted by atomic mass is 35.5. The molecule has 1 unspecified atom stereocenters. The number of hydrogen-bond donors (Lipinski definition) is 0. The van der Waals surface area contributed by atoms with Crippen molar-refractivity contribution in [1.29, 1.82) is 0 Å². The van der Waals surface area contributed by atoms with Crippen LogP contribution in [0.5, 0.6) is 0 Å². The maximum atomic E-state index is 13.6. The van der Waals surface area contributed by atoms with Gasteiger partial charge in [0.25, 0.3) is 0 Å². The Hall–Kier alpha value is -3.67. The zero-order valence-corrected chi connectivity index (χ0v) is 24.7. The molecule has 42 heavy (non-hydrogen) atoms. The summed E-state index contributed by atoms with van der Waals surface area (Å²) in [6.45, 7) is 0.707. The number of carbonyl (C=O) groups is 3. The summed E-state index contributed by atoms with van der Waals surface area (Å²) in [6, 6.07) is 18.3. The van der Waals surface area contributed by atoms with Gasteiger partial charge in [-0.15, -0.1) is 0 Å². The van der Waals surface area contributed by atoms with E-state index in [1.54, 1.807) is 35.2 Å². The lowest BCUT2D eigenvalue weighted by atomic mass is 9.94. The average Bonchev–Trinajstić information content (AvgIpc) is 3.02. The Bertz CT molecular complexity index is 1580. The van der Waals surface area contributed by atoms with Gasteiger partial charge in [-0.3, -0.25) is 4.79 Å². The van der Waals surface area contributed by atoms with Gasteiger partial charge in [0.05, 0.1) is 12.0 Å². The molecule has 2 amide bonds. The van der Waals surface area contributed by atoms with Crippen LogP contribution in [0.15, 0.2) is 71.6 Å². The van der Waals surface area contributed by atoms with E-state index in [0.717, 1.165) is 10.9 Å². The second-order valence-corrected chi connectivity index (χ2v) is 12.8. The number of fused-ring (bicyclic) bond motifs is 1. The standard InChI is InChI=1S/C30H32ClN3O7S/c1-40-29(36)27-19-33(42(38,39)26-10-8-23-17-25(31)9-7-24(23)18-26)15-16-34(27)28(35)22-11-13-32(14-12-22)30(37)41-20-21-5-3-2-4-6-21/h2-10,17-18,22,27H,11-16,19-20H2,1H3. The van der Waals surface area contributed by atoms with Crippen molar-refractivity contribution >= 4 is 50.4 Å². The predicted octanol–water partition coefficient (Wildman–Crippen LogP) is 3.92. The van der Waals surface area contributed by atoms with E-state index in [2.05, 4.69) is 0 Å². The van der Waals surface area contributed by atoms with Crippen LogP contribution in [0.25, 0.3) is 10.8 Å². The molecule has 0 aromatic heterocycles. The summed E-state index contributed by atoms with van der Waals surface area (Å²) in [5, 5.41) is 2.07. The Morgan fingerprint density at radius 2 is 1.60 bits per heavy atom. The number of hydrogen-bond acceptors (Lipinski definition) is 7. The largest absolute Gasteiger partial charge is 0.467 e. The number of nitrogens with zero attached hydrogens (tertiary/aromatic N) is 3. The molecule has 3 aromatic carbocycles. The van der Waals surface area contributed by atoms with Gasteiger partial charge in [-0.2, -0.15) is 4.31 Å². The van der Waals surface area contributed by atoms with Crippen LogP contribution in [0.4, 0.5) is 4.79 Å². The lowest BCUT2D eigenvalue weighted by molar-refractivity contribution is -0.157. The van der Waals surface area contributed by atoms with Gasteiger partial charge in [-0.1, -0.05) is 54.1 Å². The van der Waals surface area contributed by atoms with Gasteiger partial charge in [0.1, 0.15) is 12.6 Å². The zero-order chi connectivity index (χ0) is 29.9.